The van der Waals surface area contributed by atoms with E-state index >= 15 is 0 Å². The van der Waals surface area contributed by atoms with Crippen LogP contribution in [0.15, 0.2) is 60.7 Å². The first kappa shape index (κ1) is 17.6. The Bertz CT molecular complexity index is 1210. The molecule has 2 aromatic carbocycles. The van der Waals surface area contributed by atoms with Gasteiger partial charge in [0, 0.05) is 22.7 Å². The zero-order chi connectivity index (χ0) is 19.7. The van der Waals surface area contributed by atoms with Crippen LogP contribution in [0.5, 0.6) is 0 Å². The monoisotopic (exact) mass is 370 g/mol. The van der Waals surface area contributed by atoms with E-state index in [-0.39, 0.29) is 5.69 Å². The lowest BCUT2D eigenvalue weighted by Crippen LogP contribution is -1.98. The largest absolute Gasteiger partial charge is 0.295 e. The number of aryl methyl sites for hydroxylation is 1. The van der Waals surface area contributed by atoms with E-state index < -0.39 is 4.92 Å². The summed E-state index contributed by atoms with van der Waals surface area (Å²) in [4.78, 5) is 15.3. The van der Waals surface area contributed by atoms with E-state index in [9.17, 15) is 10.1 Å². The van der Waals surface area contributed by atoms with Gasteiger partial charge in [-0.15, -0.1) is 0 Å². The number of non-ortho nitro benzene ring substituents is 1. The number of nitro groups is 1. The number of fused-ring (bicyclic) bond motifs is 1. The highest BCUT2D eigenvalue weighted by Gasteiger charge is 2.13. The minimum Gasteiger partial charge on any atom is -0.258 e. The van der Waals surface area contributed by atoms with Gasteiger partial charge in [-0.25, -0.2) is 9.67 Å². The fourth-order valence-corrected chi connectivity index (χ4v) is 3.27. The van der Waals surface area contributed by atoms with Crippen LogP contribution in [-0.2, 0) is 0 Å². The summed E-state index contributed by atoms with van der Waals surface area (Å²) < 4.78 is 1.91. The van der Waals surface area contributed by atoms with Crippen LogP contribution in [0.3, 0.4) is 0 Å². The summed E-state index contributed by atoms with van der Waals surface area (Å²) in [6, 6.07) is 18.6. The minimum absolute atomic E-state index is 0.0111. The number of hydrogen-bond acceptors (Lipinski definition) is 4. The SMILES string of the molecule is Cc1nn(-c2ccccc2)c(C)c1/C=C/c1ccc2cccc([N+](=O)[O-])c2n1. The molecule has 0 saturated heterocycles. The number of benzene rings is 2. The molecule has 0 aliphatic carbocycles. The van der Waals surface area contributed by atoms with Crippen LogP contribution in [0.1, 0.15) is 22.6 Å². The second-order valence-corrected chi connectivity index (χ2v) is 6.51. The molecular weight excluding hydrogens is 352 g/mol. The van der Waals surface area contributed by atoms with Crippen molar-refractivity contribution in [2.75, 3.05) is 0 Å². The lowest BCUT2D eigenvalue weighted by Gasteiger charge is -2.03. The fraction of sp³-hybridized carbons (Fsp3) is 0.0909. The van der Waals surface area contributed by atoms with Crippen molar-refractivity contribution in [3.05, 3.63) is 93.4 Å². The first-order chi connectivity index (χ1) is 13.5. The van der Waals surface area contributed by atoms with E-state index in [4.69, 9.17) is 0 Å². The van der Waals surface area contributed by atoms with Crippen LogP contribution in [0.2, 0.25) is 0 Å². The minimum atomic E-state index is -0.402. The summed E-state index contributed by atoms with van der Waals surface area (Å²) in [7, 11) is 0. The fourth-order valence-electron chi connectivity index (χ4n) is 3.27. The first-order valence-electron chi connectivity index (χ1n) is 8.88. The maximum atomic E-state index is 11.3. The molecule has 2 heterocycles. The first-order valence-corrected chi connectivity index (χ1v) is 8.88. The van der Waals surface area contributed by atoms with Crippen molar-refractivity contribution >= 4 is 28.7 Å². The van der Waals surface area contributed by atoms with E-state index in [2.05, 4.69) is 10.1 Å². The third-order valence-electron chi connectivity index (χ3n) is 4.69. The van der Waals surface area contributed by atoms with Crippen LogP contribution in [0.25, 0.3) is 28.7 Å². The van der Waals surface area contributed by atoms with Crippen LogP contribution in [0, 0.1) is 24.0 Å². The van der Waals surface area contributed by atoms with Crippen LogP contribution in [0.4, 0.5) is 5.69 Å². The second-order valence-electron chi connectivity index (χ2n) is 6.51. The Morgan fingerprint density at radius 2 is 1.75 bits per heavy atom. The predicted octanol–water partition coefficient (Wildman–Crippen LogP) is 5.12. The molecule has 0 bridgehead atoms. The van der Waals surface area contributed by atoms with Gasteiger partial charge in [0.25, 0.3) is 5.69 Å². The number of aromatic nitrogens is 3. The number of nitrogens with zero attached hydrogens (tertiary/aromatic N) is 4. The molecular formula is C22H18N4O2. The highest BCUT2D eigenvalue weighted by molar-refractivity contribution is 5.88. The Balaban J connectivity index is 1.73. The molecule has 0 N–H and O–H groups in total. The molecule has 0 radical (unpaired) electrons. The van der Waals surface area contributed by atoms with Crippen molar-refractivity contribution in [3.8, 4) is 5.69 Å². The van der Waals surface area contributed by atoms with Crippen molar-refractivity contribution in [1.82, 2.24) is 14.8 Å². The number of para-hydroxylation sites is 2. The van der Waals surface area contributed by atoms with Crippen LogP contribution in [-0.4, -0.2) is 19.7 Å². The molecule has 2 aromatic heterocycles. The van der Waals surface area contributed by atoms with Gasteiger partial charge in [-0.2, -0.15) is 5.10 Å². The molecule has 4 rings (SSSR count). The molecule has 0 atom stereocenters. The molecule has 0 unspecified atom stereocenters. The third kappa shape index (κ3) is 3.16. The number of hydrogen-bond donors (Lipinski definition) is 0. The normalized spacial score (nSPS) is 11.4. The molecule has 28 heavy (non-hydrogen) atoms. The summed E-state index contributed by atoms with van der Waals surface area (Å²) >= 11 is 0. The molecule has 0 aliphatic rings. The highest BCUT2D eigenvalue weighted by atomic mass is 16.6. The Hall–Kier alpha value is -3.80. The highest BCUT2D eigenvalue weighted by Crippen LogP contribution is 2.25. The Kier molecular flexibility index (Phi) is 4.45. The summed E-state index contributed by atoms with van der Waals surface area (Å²) in [6.07, 6.45) is 3.82. The zero-order valence-corrected chi connectivity index (χ0v) is 15.5. The topological polar surface area (TPSA) is 73.8 Å². The van der Waals surface area contributed by atoms with Crippen molar-refractivity contribution < 1.29 is 4.92 Å². The smallest absolute Gasteiger partial charge is 0.258 e. The summed E-state index contributed by atoms with van der Waals surface area (Å²) in [5.74, 6) is 0. The molecule has 6 nitrogen and oxygen atoms in total. The maximum absolute atomic E-state index is 11.3. The van der Waals surface area contributed by atoms with E-state index in [1.54, 1.807) is 6.07 Å². The van der Waals surface area contributed by atoms with Crippen molar-refractivity contribution in [3.63, 3.8) is 0 Å². The van der Waals surface area contributed by atoms with Gasteiger partial charge in [-0.3, -0.25) is 10.1 Å². The predicted molar refractivity (Wildman–Crippen MR) is 110 cm³/mol. The number of rotatable bonds is 4. The molecule has 0 amide bonds. The Morgan fingerprint density at radius 3 is 2.50 bits per heavy atom. The molecule has 4 aromatic rings. The summed E-state index contributed by atoms with van der Waals surface area (Å²) in [5, 5.41) is 16.7. The molecule has 0 saturated carbocycles. The number of nitro benzene ring substituents is 1. The third-order valence-corrected chi connectivity index (χ3v) is 4.69. The van der Waals surface area contributed by atoms with Crippen molar-refractivity contribution in [2.24, 2.45) is 0 Å². The van der Waals surface area contributed by atoms with E-state index in [1.165, 1.54) is 6.07 Å². The summed E-state index contributed by atoms with van der Waals surface area (Å²) in [5.41, 5.74) is 5.00. The lowest BCUT2D eigenvalue weighted by atomic mass is 10.1. The van der Waals surface area contributed by atoms with E-state index in [0.717, 1.165) is 28.0 Å². The van der Waals surface area contributed by atoms with Gasteiger partial charge < -0.3 is 0 Å². The van der Waals surface area contributed by atoms with Gasteiger partial charge in [0.1, 0.15) is 5.52 Å². The van der Waals surface area contributed by atoms with E-state index in [1.807, 2.05) is 79.2 Å². The van der Waals surface area contributed by atoms with Crippen LogP contribution < -0.4 is 0 Å². The van der Waals surface area contributed by atoms with Gasteiger partial charge >= 0.3 is 0 Å². The van der Waals surface area contributed by atoms with Gasteiger partial charge in [0.2, 0.25) is 0 Å². The summed E-state index contributed by atoms with van der Waals surface area (Å²) in [6.45, 7) is 3.98. The van der Waals surface area contributed by atoms with Gasteiger partial charge in [0.05, 0.1) is 22.0 Å². The van der Waals surface area contributed by atoms with Gasteiger partial charge in [-0.05, 0) is 44.2 Å². The van der Waals surface area contributed by atoms with Gasteiger partial charge in [-0.1, -0.05) is 36.4 Å². The molecule has 0 aliphatic heterocycles. The zero-order valence-electron chi connectivity index (χ0n) is 15.5. The van der Waals surface area contributed by atoms with E-state index in [0.29, 0.717) is 11.2 Å². The maximum Gasteiger partial charge on any atom is 0.295 e. The Labute approximate surface area is 161 Å². The average molecular weight is 370 g/mol. The molecule has 6 heteroatoms. The molecule has 138 valence electrons. The standard InChI is InChI=1S/C22H18N4O2/c1-15-20(16(2)25(24-15)19-8-4-3-5-9-19)14-13-18-12-11-17-7-6-10-21(26(27)28)22(17)23-18/h3-14H,1-2H3/b14-13+. The molecule has 0 spiro atoms. The quantitative estimate of drug-likeness (QED) is 0.369. The van der Waals surface area contributed by atoms with Crippen LogP contribution >= 0.6 is 0 Å². The second kappa shape index (κ2) is 7.08. The van der Waals surface area contributed by atoms with Gasteiger partial charge in [0.15, 0.2) is 0 Å². The van der Waals surface area contributed by atoms with Crippen molar-refractivity contribution in [1.29, 1.82) is 0 Å². The lowest BCUT2D eigenvalue weighted by molar-refractivity contribution is -0.383. The number of pyridine rings is 1. The Morgan fingerprint density at radius 1 is 0.964 bits per heavy atom. The average Bonchev–Trinajstić information content (AvgIpc) is 3.00. The van der Waals surface area contributed by atoms with Crippen molar-refractivity contribution in [2.45, 2.75) is 13.8 Å². The molecule has 0 fully saturated rings.